The highest BCUT2D eigenvalue weighted by Gasteiger charge is 2.22. The molecule has 0 spiro atoms. The van der Waals surface area contributed by atoms with Gasteiger partial charge < -0.3 is 0 Å². The van der Waals surface area contributed by atoms with Gasteiger partial charge in [0.25, 0.3) is 10.0 Å². The van der Waals surface area contributed by atoms with Crippen molar-refractivity contribution in [1.29, 1.82) is 0 Å². The van der Waals surface area contributed by atoms with Crippen molar-refractivity contribution in [3.63, 3.8) is 0 Å². The van der Waals surface area contributed by atoms with Gasteiger partial charge in [0.05, 0.1) is 23.3 Å². The average molecular weight is 404 g/mol. The van der Waals surface area contributed by atoms with Crippen LogP contribution < -0.4 is 4.72 Å². The molecule has 1 N–H and O–H groups in total. The van der Waals surface area contributed by atoms with Gasteiger partial charge in [-0.25, -0.2) is 8.42 Å². The van der Waals surface area contributed by atoms with E-state index >= 15 is 0 Å². The number of rotatable bonds is 5. The molecule has 0 aliphatic carbocycles. The van der Waals surface area contributed by atoms with E-state index in [0.29, 0.717) is 22.2 Å². The van der Waals surface area contributed by atoms with Crippen LogP contribution in [0.4, 0.5) is 5.69 Å². The van der Waals surface area contributed by atoms with Crippen molar-refractivity contribution in [3.8, 4) is 0 Å². The van der Waals surface area contributed by atoms with E-state index in [2.05, 4.69) is 9.82 Å². The molecular weight excluding hydrogens is 382 g/mol. The fourth-order valence-electron chi connectivity index (χ4n) is 3.07. The van der Waals surface area contributed by atoms with E-state index in [1.807, 2.05) is 58.0 Å². The van der Waals surface area contributed by atoms with Gasteiger partial charge in [0.2, 0.25) is 0 Å². The first-order valence-electron chi connectivity index (χ1n) is 8.54. The SMILES string of the molecule is Cc1cc(C)c(C)c(S(=O)(=O)Nc2cnn(Cc3ccc(Cl)cc3)c2)c1C. The molecule has 0 atom stereocenters. The Balaban J connectivity index is 1.86. The summed E-state index contributed by atoms with van der Waals surface area (Å²) in [6, 6.07) is 9.46. The van der Waals surface area contributed by atoms with Gasteiger partial charge in [0.15, 0.2) is 0 Å². The van der Waals surface area contributed by atoms with E-state index < -0.39 is 10.0 Å². The maximum atomic E-state index is 13.0. The highest BCUT2D eigenvalue weighted by molar-refractivity contribution is 7.92. The van der Waals surface area contributed by atoms with Crippen molar-refractivity contribution in [1.82, 2.24) is 9.78 Å². The quantitative estimate of drug-likeness (QED) is 0.676. The number of halogens is 1. The topological polar surface area (TPSA) is 64.0 Å². The molecule has 0 aliphatic rings. The smallest absolute Gasteiger partial charge is 0.262 e. The van der Waals surface area contributed by atoms with Crippen LogP contribution in [0.1, 0.15) is 27.8 Å². The number of nitrogens with one attached hydrogen (secondary N) is 1. The van der Waals surface area contributed by atoms with Gasteiger partial charge in [-0.3, -0.25) is 9.40 Å². The molecule has 7 heteroatoms. The van der Waals surface area contributed by atoms with Gasteiger partial charge in [0, 0.05) is 11.2 Å². The number of benzene rings is 2. The lowest BCUT2D eigenvalue weighted by atomic mass is 10.0. The summed E-state index contributed by atoms with van der Waals surface area (Å²) in [5, 5.41) is 4.92. The van der Waals surface area contributed by atoms with Gasteiger partial charge in [-0.2, -0.15) is 5.10 Å². The Labute approximate surface area is 165 Å². The largest absolute Gasteiger partial charge is 0.276 e. The van der Waals surface area contributed by atoms with E-state index in [1.54, 1.807) is 10.9 Å². The molecule has 3 aromatic rings. The third-order valence-corrected chi connectivity index (χ3v) is 6.62. The van der Waals surface area contributed by atoms with E-state index in [9.17, 15) is 8.42 Å². The molecule has 1 aromatic heterocycles. The predicted octanol–water partition coefficient (Wildman–Crippen LogP) is 4.62. The molecule has 2 aromatic carbocycles. The molecule has 0 unspecified atom stereocenters. The maximum Gasteiger partial charge on any atom is 0.262 e. The highest BCUT2D eigenvalue weighted by atomic mass is 35.5. The molecule has 0 aliphatic heterocycles. The minimum atomic E-state index is -3.71. The van der Waals surface area contributed by atoms with E-state index in [-0.39, 0.29) is 0 Å². The zero-order valence-electron chi connectivity index (χ0n) is 15.7. The number of hydrogen-bond acceptors (Lipinski definition) is 3. The number of nitrogens with zero attached hydrogens (tertiary/aromatic N) is 2. The summed E-state index contributed by atoms with van der Waals surface area (Å²) in [7, 11) is -3.71. The first kappa shape index (κ1) is 19.5. The second-order valence-electron chi connectivity index (χ2n) is 6.75. The van der Waals surface area contributed by atoms with Crippen LogP contribution >= 0.6 is 11.6 Å². The van der Waals surface area contributed by atoms with Crippen molar-refractivity contribution < 1.29 is 8.42 Å². The third-order valence-electron chi connectivity index (χ3n) is 4.71. The molecule has 0 saturated carbocycles. The summed E-state index contributed by atoms with van der Waals surface area (Å²) in [6.45, 7) is 8.04. The molecular formula is C20H22ClN3O2S. The van der Waals surface area contributed by atoms with Crippen LogP contribution in [0.25, 0.3) is 0 Å². The molecule has 0 radical (unpaired) electrons. The fraction of sp³-hybridized carbons (Fsp3) is 0.250. The Hall–Kier alpha value is -2.31. The first-order valence-corrected chi connectivity index (χ1v) is 10.4. The van der Waals surface area contributed by atoms with Gasteiger partial charge in [-0.15, -0.1) is 0 Å². The number of aromatic nitrogens is 2. The van der Waals surface area contributed by atoms with Crippen LogP contribution in [-0.2, 0) is 16.6 Å². The van der Waals surface area contributed by atoms with Gasteiger partial charge in [-0.1, -0.05) is 29.8 Å². The summed E-state index contributed by atoms with van der Waals surface area (Å²) in [5.41, 5.74) is 4.90. The summed E-state index contributed by atoms with van der Waals surface area (Å²) in [5.74, 6) is 0. The second-order valence-corrected chi connectivity index (χ2v) is 8.80. The Bertz CT molecular complexity index is 1060. The molecule has 0 amide bonds. The van der Waals surface area contributed by atoms with Crippen LogP contribution in [0.2, 0.25) is 5.02 Å². The molecule has 27 heavy (non-hydrogen) atoms. The van der Waals surface area contributed by atoms with E-state index in [4.69, 9.17) is 11.6 Å². The highest BCUT2D eigenvalue weighted by Crippen LogP contribution is 2.27. The summed E-state index contributed by atoms with van der Waals surface area (Å²) >= 11 is 5.90. The number of sulfonamides is 1. The lowest BCUT2D eigenvalue weighted by molar-refractivity contribution is 0.599. The van der Waals surface area contributed by atoms with E-state index in [0.717, 1.165) is 27.8 Å². The number of aryl methyl sites for hydroxylation is 2. The van der Waals surface area contributed by atoms with Crippen LogP contribution in [0.15, 0.2) is 47.6 Å². The van der Waals surface area contributed by atoms with Crippen LogP contribution in [-0.4, -0.2) is 18.2 Å². The molecule has 0 bridgehead atoms. The normalized spacial score (nSPS) is 11.6. The van der Waals surface area contributed by atoms with Crippen LogP contribution in [0.5, 0.6) is 0 Å². The summed E-state index contributed by atoms with van der Waals surface area (Å²) in [4.78, 5) is 0.338. The molecule has 142 valence electrons. The Morgan fingerprint density at radius 2 is 1.63 bits per heavy atom. The van der Waals surface area contributed by atoms with Crippen molar-refractivity contribution in [2.24, 2.45) is 0 Å². The monoisotopic (exact) mass is 403 g/mol. The molecule has 1 heterocycles. The molecule has 0 saturated heterocycles. The average Bonchev–Trinajstić information content (AvgIpc) is 3.01. The fourth-order valence-corrected chi connectivity index (χ4v) is 4.84. The van der Waals surface area contributed by atoms with Crippen molar-refractivity contribution >= 4 is 27.3 Å². The second kappa shape index (κ2) is 7.37. The molecule has 0 fully saturated rings. The van der Waals surface area contributed by atoms with Crippen molar-refractivity contribution in [2.75, 3.05) is 4.72 Å². The Morgan fingerprint density at radius 1 is 1.04 bits per heavy atom. The minimum Gasteiger partial charge on any atom is -0.276 e. The minimum absolute atomic E-state index is 0.338. The third kappa shape index (κ3) is 4.17. The summed E-state index contributed by atoms with van der Waals surface area (Å²) in [6.07, 6.45) is 3.19. The number of anilines is 1. The first-order chi connectivity index (χ1) is 12.7. The Morgan fingerprint density at radius 3 is 2.22 bits per heavy atom. The van der Waals surface area contributed by atoms with E-state index in [1.165, 1.54) is 6.20 Å². The van der Waals surface area contributed by atoms with Gasteiger partial charge in [-0.05, 0) is 67.6 Å². The number of hydrogen-bond donors (Lipinski definition) is 1. The Kier molecular flexibility index (Phi) is 5.31. The predicted molar refractivity (Wildman–Crippen MR) is 109 cm³/mol. The molecule has 5 nitrogen and oxygen atoms in total. The van der Waals surface area contributed by atoms with Crippen LogP contribution in [0, 0.1) is 27.7 Å². The summed E-state index contributed by atoms with van der Waals surface area (Å²) < 4.78 is 30.3. The van der Waals surface area contributed by atoms with Crippen LogP contribution in [0.3, 0.4) is 0 Å². The van der Waals surface area contributed by atoms with Crippen molar-refractivity contribution in [2.45, 2.75) is 39.1 Å². The lowest BCUT2D eigenvalue weighted by Crippen LogP contribution is -2.16. The van der Waals surface area contributed by atoms with Gasteiger partial charge in [0.1, 0.15) is 0 Å². The van der Waals surface area contributed by atoms with Gasteiger partial charge >= 0.3 is 0 Å². The standard InChI is InChI=1S/C20H22ClN3O2S/c1-13-9-14(2)16(4)20(15(13)3)27(25,26)23-19-10-22-24(12-19)11-17-5-7-18(21)8-6-17/h5-10,12,23H,11H2,1-4H3. The maximum absolute atomic E-state index is 13.0. The van der Waals surface area contributed by atoms with Crippen molar-refractivity contribution in [3.05, 3.63) is 75.6 Å². The lowest BCUT2D eigenvalue weighted by Gasteiger charge is -2.16. The zero-order chi connectivity index (χ0) is 19.8. The molecule has 3 rings (SSSR count). The zero-order valence-corrected chi connectivity index (χ0v) is 17.3.